The van der Waals surface area contributed by atoms with Crippen molar-refractivity contribution in [2.75, 3.05) is 7.11 Å². The monoisotopic (exact) mass is 489 g/mol. The second-order valence-electron chi connectivity index (χ2n) is 8.42. The summed E-state index contributed by atoms with van der Waals surface area (Å²) in [4.78, 5) is 8.32. The van der Waals surface area contributed by atoms with Gasteiger partial charge in [0.25, 0.3) is 0 Å². The molecule has 0 amide bonds. The molecule has 5 rings (SSSR count). The van der Waals surface area contributed by atoms with Crippen LogP contribution in [0.15, 0.2) is 91.0 Å². The molecule has 0 bridgehead atoms. The van der Waals surface area contributed by atoms with Crippen molar-refractivity contribution in [2.24, 2.45) is 0 Å². The van der Waals surface area contributed by atoms with Gasteiger partial charge in [-0.25, -0.2) is 14.2 Å². The molecule has 0 saturated heterocycles. The standard InChI is InChI=1S/C31H24FN3O2/c1-33-25-17-14-22(15-18-25)20-35-28-12-6-5-11-27(28)34-30(35)19-16-23-9-7-13-29(36-2)31(23)37-21-24-8-3-4-10-26(24)32/h3-19H,20-21H2,2H3. The third kappa shape index (κ3) is 5.21. The lowest BCUT2D eigenvalue weighted by molar-refractivity contribution is 0.279. The van der Waals surface area contributed by atoms with Gasteiger partial charge in [0.1, 0.15) is 18.2 Å². The van der Waals surface area contributed by atoms with Crippen molar-refractivity contribution in [3.63, 3.8) is 0 Å². The predicted octanol–water partition coefficient (Wildman–Crippen LogP) is 7.53. The quantitative estimate of drug-likeness (QED) is 0.212. The molecule has 0 aliphatic rings. The maximum atomic E-state index is 14.2. The second kappa shape index (κ2) is 10.8. The molecule has 182 valence electrons. The zero-order valence-electron chi connectivity index (χ0n) is 20.3. The van der Waals surface area contributed by atoms with Crippen molar-refractivity contribution < 1.29 is 13.9 Å². The summed E-state index contributed by atoms with van der Waals surface area (Å²) in [6, 6.07) is 27.7. The first-order valence-corrected chi connectivity index (χ1v) is 11.8. The van der Waals surface area contributed by atoms with Crippen LogP contribution in [0.3, 0.4) is 0 Å². The molecule has 0 N–H and O–H groups in total. The zero-order valence-corrected chi connectivity index (χ0v) is 20.3. The summed E-state index contributed by atoms with van der Waals surface area (Å²) in [5.41, 5.74) is 4.84. The summed E-state index contributed by atoms with van der Waals surface area (Å²) in [6.07, 6.45) is 3.87. The van der Waals surface area contributed by atoms with Gasteiger partial charge in [0, 0.05) is 17.7 Å². The van der Waals surface area contributed by atoms with E-state index in [9.17, 15) is 4.39 Å². The summed E-state index contributed by atoms with van der Waals surface area (Å²) in [5, 5.41) is 0. The van der Waals surface area contributed by atoms with Crippen molar-refractivity contribution in [2.45, 2.75) is 13.2 Å². The topological polar surface area (TPSA) is 40.6 Å². The van der Waals surface area contributed by atoms with Crippen LogP contribution in [0.25, 0.3) is 28.0 Å². The number of imidazole rings is 1. The molecule has 5 nitrogen and oxygen atoms in total. The third-order valence-electron chi connectivity index (χ3n) is 6.06. The molecule has 0 atom stereocenters. The molecule has 0 aliphatic heterocycles. The fraction of sp³-hybridized carbons (Fsp3) is 0.0968. The largest absolute Gasteiger partial charge is 0.493 e. The number of halogens is 1. The summed E-state index contributed by atoms with van der Waals surface area (Å²) < 4.78 is 27.9. The molecule has 4 aromatic carbocycles. The Kier molecular flexibility index (Phi) is 6.95. The van der Waals surface area contributed by atoms with Gasteiger partial charge >= 0.3 is 0 Å². The molecule has 37 heavy (non-hydrogen) atoms. The number of fused-ring (bicyclic) bond motifs is 1. The molecule has 0 saturated carbocycles. The molecule has 0 fully saturated rings. The van der Waals surface area contributed by atoms with Crippen molar-refractivity contribution >= 4 is 28.9 Å². The van der Waals surface area contributed by atoms with Crippen molar-refractivity contribution in [1.29, 1.82) is 0 Å². The van der Waals surface area contributed by atoms with Crippen LogP contribution in [0.4, 0.5) is 10.1 Å². The Morgan fingerprint density at radius 3 is 2.49 bits per heavy atom. The van der Waals surface area contributed by atoms with Crippen LogP contribution in [0.2, 0.25) is 0 Å². The maximum absolute atomic E-state index is 14.2. The van der Waals surface area contributed by atoms with Crippen LogP contribution in [0, 0.1) is 12.4 Å². The van der Waals surface area contributed by atoms with Gasteiger partial charge in [-0.3, -0.25) is 0 Å². The predicted molar refractivity (Wildman–Crippen MR) is 144 cm³/mol. The van der Waals surface area contributed by atoms with E-state index in [1.807, 2.05) is 78.9 Å². The van der Waals surface area contributed by atoms with E-state index >= 15 is 0 Å². The Labute approximate surface area is 214 Å². The van der Waals surface area contributed by atoms with E-state index in [1.165, 1.54) is 6.07 Å². The summed E-state index contributed by atoms with van der Waals surface area (Å²) >= 11 is 0. The maximum Gasteiger partial charge on any atom is 0.187 e. The van der Waals surface area contributed by atoms with Gasteiger partial charge in [-0.05, 0) is 42.0 Å². The summed E-state index contributed by atoms with van der Waals surface area (Å²) in [5.74, 6) is 1.56. The number of rotatable bonds is 8. The third-order valence-corrected chi connectivity index (χ3v) is 6.06. The van der Waals surface area contributed by atoms with Crippen LogP contribution in [0.5, 0.6) is 11.5 Å². The van der Waals surface area contributed by atoms with Crippen LogP contribution in [-0.4, -0.2) is 16.7 Å². The highest BCUT2D eigenvalue weighted by molar-refractivity contribution is 5.81. The van der Waals surface area contributed by atoms with Crippen LogP contribution >= 0.6 is 0 Å². The van der Waals surface area contributed by atoms with E-state index in [2.05, 4.69) is 9.41 Å². The minimum absolute atomic E-state index is 0.0764. The summed E-state index contributed by atoms with van der Waals surface area (Å²) in [6.45, 7) is 7.87. The van der Waals surface area contributed by atoms with E-state index in [0.29, 0.717) is 29.3 Å². The number of methoxy groups -OCH3 is 1. The van der Waals surface area contributed by atoms with Gasteiger partial charge in [-0.2, -0.15) is 0 Å². The number of hydrogen-bond donors (Lipinski definition) is 0. The molecule has 1 heterocycles. The molecule has 6 heteroatoms. The van der Waals surface area contributed by atoms with E-state index < -0.39 is 0 Å². The number of aromatic nitrogens is 2. The first-order valence-electron chi connectivity index (χ1n) is 11.8. The Morgan fingerprint density at radius 1 is 0.919 bits per heavy atom. The summed E-state index contributed by atoms with van der Waals surface area (Å²) in [7, 11) is 1.58. The van der Waals surface area contributed by atoms with E-state index in [-0.39, 0.29) is 12.4 Å². The average Bonchev–Trinajstić information content (AvgIpc) is 3.29. The molecule has 0 radical (unpaired) electrons. The molecule has 0 aliphatic carbocycles. The first kappa shape index (κ1) is 23.8. The van der Waals surface area contributed by atoms with Crippen molar-refractivity contribution in [3.05, 3.63) is 131 Å². The van der Waals surface area contributed by atoms with Crippen LogP contribution in [-0.2, 0) is 13.2 Å². The van der Waals surface area contributed by atoms with Gasteiger partial charge < -0.3 is 14.0 Å². The number of nitrogens with zero attached hydrogens (tertiary/aromatic N) is 3. The van der Waals surface area contributed by atoms with Crippen molar-refractivity contribution in [3.8, 4) is 11.5 Å². The smallest absolute Gasteiger partial charge is 0.187 e. The van der Waals surface area contributed by atoms with Crippen LogP contribution < -0.4 is 9.47 Å². The lowest BCUT2D eigenvalue weighted by Crippen LogP contribution is -2.02. The van der Waals surface area contributed by atoms with E-state index in [1.54, 1.807) is 25.3 Å². The molecule has 1 aromatic heterocycles. The lowest BCUT2D eigenvalue weighted by atomic mass is 10.1. The Bertz CT molecular complexity index is 1610. The second-order valence-corrected chi connectivity index (χ2v) is 8.42. The van der Waals surface area contributed by atoms with Gasteiger partial charge in [0.2, 0.25) is 0 Å². The molecular weight excluding hydrogens is 465 g/mol. The highest BCUT2D eigenvalue weighted by Gasteiger charge is 2.13. The Hall–Kier alpha value is -4.89. The normalized spacial score (nSPS) is 11.1. The number of para-hydroxylation sites is 3. The Morgan fingerprint density at radius 2 is 1.70 bits per heavy atom. The lowest BCUT2D eigenvalue weighted by Gasteiger charge is -2.14. The highest BCUT2D eigenvalue weighted by Crippen LogP contribution is 2.33. The number of benzene rings is 4. The van der Waals surface area contributed by atoms with Gasteiger partial charge in [0.05, 0.1) is 24.7 Å². The van der Waals surface area contributed by atoms with Gasteiger partial charge in [-0.15, -0.1) is 0 Å². The SMILES string of the molecule is [C-]#[N+]c1ccc(Cn2c(C=Cc3cccc(OC)c3OCc3ccccc3F)nc3ccccc32)cc1. The zero-order chi connectivity index (χ0) is 25.6. The fourth-order valence-corrected chi connectivity index (χ4v) is 4.15. The first-order chi connectivity index (χ1) is 18.2. The molecular formula is C31H24FN3O2. The van der Waals surface area contributed by atoms with E-state index in [4.69, 9.17) is 21.0 Å². The number of ether oxygens (including phenoxy) is 2. The number of hydrogen-bond acceptors (Lipinski definition) is 3. The average molecular weight is 490 g/mol. The minimum atomic E-state index is -0.312. The van der Waals surface area contributed by atoms with Gasteiger partial charge in [-0.1, -0.05) is 66.7 Å². The van der Waals surface area contributed by atoms with E-state index in [0.717, 1.165) is 28.0 Å². The Balaban J connectivity index is 1.49. The molecule has 0 unspecified atom stereocenters. The minimum Gasteiger partial charge on any atom is -0.493 e. The highest BCUT2D eigenvalue weighted by atomic mass is 19.1. The molecule has 0 spiro atoms. The van der Waals surface area contributed by atoms with Crippen molar-refractivity contribution in [1.82, 2.24) is 9.55 Å². The van der Waals surface area contributed by atoms with Gasteiger partial charge in [0.15, 0.2) is 17.2 Å². The molecule has 5 aromatic rings. The van der Waals surface area contributed by atoms with Crippen LogP contribution in [0.1, 0.15) is 22.5 Å². The fourth-order valence-electron chi connectivity index (χ4n) is 4.15.